The molecule has 1 rings (SSSR count). The van der Waals surface area contributed by atoms with Crippen molar-refractivity contribution in [1.82, 2.24) is 0 Å². The SMILES string of the molecule is CC(C)(C)S(=O)N=Cc1cc(Cl)cc(Cl)c1. The highest BCUT2D eigenvalue weighted by Gasteiger charge is 2.18. The molecule has 0 bridgehead atoms. The third-order valence-corrected chi connectivity index (χ3v) is 3.49. The summed E-state index contributed by atoms with van der Waals surface area (Å²) in [7, 11) is -1.27. The van der Waals surface area contributed by atoms with Crippen LogP contribution in [0.2, 0.25) is 10.0 Å². The predicted molar refractivity (Wildman–Crippen MR) is 72.0 cm³/mol. The number of nitrogens with zero attached hydrogens (tertiary/aromatic N) is 1. The maximum atomic E-state index is 11.7. The van der Waals surface area contributed by atoms with Crippen molar-refractivity contribution >= 4 is 40.4 Å². The Balaban J connectivity index is 2.89. The summed E-state index contributed by atoms with van der Waals surface area (Å²) in [6, 6.07) is 5.08. The van der Waals surface area contributed by atoms with Crippen LogP contribution >= 0.6 is 23.2 Å². The summed E-state index contributed by atoms with van der Waals surface area (Å²) in [6.07, 6.45) is 1.53. The first-order valence-corrected chi connectivity index (χ1v) is 6.57. The third kappa shape index (κ3) is 4.24. The van der Waals surface area contributed by atoms with Gasteiger partial charge in [-0.1, -0.05) is 23.2 Å². The van der Waals surface area contributed by atoms with E-state index in [0.717, 1.165) is 5.56 Å². The fourth-order valence-corrected chi connectivity index (χ4v) is 1.99. The van der Waals surface area contributed by atoms with Gasteiger partial charge in [0.1, 0.15) is 11.0 Å². The summed E-state index contributed by atoms with van der Waals surface area (Å²) >= 11 is 11.7. The van der Waals surface area contributed by atoms with Crippen molar-refractivity contribution in [3.63, 3.8) is 0 Å². The Kier molecular flexibility index (Phi) is 4.53. The Morgan fingerprint density at radius 1 is 1.19 bits per heavy atom. The quantitative estimate of drug-likeness (QED) is 0.755. The van der Waals surface area contributed by atoms with Gasteiger partial charge in [0, 0.05) is 16.3 Å². The first-order valence-electron chi connectivity index (χ1n) is 4.71. The summed E-state index contributed by atoms with van der Waals surface area (Å²) in [6.45, 7) is 5.60. The molecule has 0 heterocycles. The first kappa shape index (κ1) is 13.7. The molecule has 16 heavy (non-hydrogen) atoms. The van der Waals surface area contributed by atoms with Crippen molar-refractivity contribution < 1.29 is 4.21 Å². The van der Waals surface area contributed by atoms with E-state index in [1.807, 2.05) is 20.8 Å². The zero-order valence-electron chi connectivity index (χ0n) is 9.33. The number of hydrogen-bond acceptors (Lipinski definition) is 1. The van der Waals surface area contributed by atoms with Crippen LogP contribution in [0.3, 0.4) is 0 Å². The maximum Gasteiger partial charge on any atom is 0.144 e. The normalized spacial score (nSPS) is 14.3. The van der Waals surface area contributed by atoms with Crippen LogP contribution in [0.15, 0.2) is 22.6 Å². The lowest BCUT2D eigenvalue weighted by Gasteiger charge is -2.12. The second kappa shape index (κ2) is 5.30. The number of rotatable bonds is 2. The zero-order valence-corrected chi connectivity index (χ0v) is 11.7. The van der Waals surface area contributed by atoms with Crippen molar-refractivity contribution in [3.05, 3.63) is 33.8 Å². The van der Waals surface area contributed by atoms with Crippen LogP contribution in [0, 0.1) is 0 Å². The van der Waals surface area contributed by atoms with Gasteiger partial charge in [0.05, 0.1) is 4.75 Å². The van der Waals surface area contributed by atoms with Crippen molar-refractivity contribution in [2.45, 2.75) is 25.5 Å². The summed E-state index contributed by atoms with van der Waals surface area (Å²) in [5, 5.41) is 1.07. The maximum absolute atomic E-state index is 11.7. The summed E-state index contributed by atoms with van der Waals surface area (Å²) in [4.78, 5) is 0. The highest BCUT2D eigenvalue weighted by Crippen LogP contribution is 2.18. The minimum atomic E-state index is -1.27. The van der Waals surface area contributed by atoms with E-state index < -0.39 is 11.0 Å². The molecule has 0 spiro atoms. The highest BCUT2D eigenvalue weighted by molar-refractivity contribution is 7.85. The first-order chi connectivity index (χ1) is 7.29. The Hall–Kier alpha value is -0.380. The van der Waals surface area contributed by atoms with E-state index in [4.69, 9.17) is 23.2 Å². The summed E-state index contributed by atoms with van der Waals surface area (Å²) in [5.74, 6) is 0. The van der Waals surface area contributed by atoms with E-state index in [9.17, 15) is 4.21 Å². The van der Waals surface area contributed by atoms with Crippen LogP contribution in [0.25, 0.3) is 0 Å². The van der Waals surface area contributed by atoms with Gasteiger partial charge in [-0.3, -0.25) is 0 Å². The zero-order chi connectivity index (χ0) is 12.3. The fraction of sp³-hybridized carbons (Fsp3) is 0.364. The number of benzene rings is 1. The average Bonchev–Trinajstić information content (AvgIpc) is 2.11. The Labute approximate surface area is 108 Å². The molecule has 2 nitrogen and oxygen atoms in total. The van der Waals surface area contributed by atoms with E-state index in [-0.39, 0.29) is 4.75 Å². The monoisotopic (exact) mass is 277 g/mol. The van der Waals surface area contributed by atoms with E-state index >= 15 is 0 Å². The molecule has 0 saturated heterocycles. The molecule has 0 fully saturated rings. The third-order valence-electron chi connectivity index (χ3n) is 1.71. The molecule has 88 valence electrons. The van der Waals surface area contributed by atoms with Crippen molar-refractivity contribution in [1.29, 1.82) is 0 Å². The van der Waals surface area contributed by atoms with Gasteiger partial charge in [0.25, 0.3) is 0 Å². The molecule has 0 aliphatic heterocycles. The Bertz CT molecular complexity index is 418. The molecule has 0 aromatic heterocycles. The minimum Gasteiger partial charge on any atom is -0.234 e. The van der Waals surface area contributed by atoms with E-state index in [1.165, 1.54) is 6.21 Å². The number of halogens is 2. The molecule has 0 amide bonds. The molecule has 1 atom stereocenters. The van der Waals surface area contributed by atoms with Gasteiger partial charge in [-0.05, 0) is 44.5 Å². The van der Waals surface area contributed by atoms with Crippen molar-refractivity contribution in [3.8, 4) is 0 Å². The van der Waals surface area contributed by atoms with E-state index in [0.29, 0.717) is 10.0 Å². The van der Waals surface area contributed by atoms with Gasteiger partial charge >= 0.3 is 0 Å². The van der Waals surface area contributed by atoms with Gasteiger partial charge in [-0.2, -0.15) is 4.40 Å². The molecule has 0 saturated carbocycles. The molecule has 0 aliphatic rings. The van der Waals surface area contributed by atoms with E-state index in [1.54, 1.807) is 18.2 Å². The summed E-state index contributed by atoms with van der Waals surface area (Å²) in [5.41, 5.74) is 0.745. The summed E-state index contributed by atoms with van der Waals surface area (Å²) < 4.78 is 15.3. The molecule has 0 radical (unpaired) electrons. The lowest BCUT2D eigenvalue weighted by atomic mass is 10.2. The smallest absolute Gasteiger partial charge is 0.144 e. The molecule has 1 aromatic rings. The van der Waals surface area contributed by atoms with Gasteiger partial charge < -0.3 is 0 Å². The minimum absolute atomic E-state index is 0.362. The topological polar surface area (TPSA) is 29.4 Å². The highest BCUT2D eigenvalue weighted by atomic mass is 35.5. The molecule has 1 unspecified atom stereocenters. The van der Waals surface area contributed by atoms with Crippen molar-refractivity contribution in [2.24, 2.45) is 4.40 Å². The largest absolute Gasteiger partial charge is 0.234 e. The van der Waals surface area contributed by atoms with Crippen LogP contribution in [-0.2, 0) is 11.0 Å². The van der Waals surface area contributed by atoms with E-state index in [2.05, 4.69) is 4.40 Å². The average molecular weight is 278 g/mol. The van der Waals surface area contributed by atoms with Gasteiger partial charge in [-0.15, -0.1) is 0 Å². The standard InChI is InChI=1S/C11H13Cl2NOS/c1-11(2,3)16(15)14-7-8-4-9(12)6-10(13)5-8/h4-7H,1-3H3. The molecule has 5 heteroatoms. The lowest BCUT2D eigenvalue weighted by Crippen LogP contribution is -2.19. The Morgan fingerprint density at radius 2 is 1.69 bits per heavy atom. The van der Waals surface area contributed by atoms with Crippen LogP contribution < -0.4 is 0 Å². The van der Waals surface area contributed by atoms with Crippen LogP contribution in [0.1, 0.15) is 26.3 Å². The fourth-order valence-electron chi connectivity index (χ4n) is 0.917. The van der Waals surface area contributed by atoms with Gasteiger partial charge in [0.2, 0.25) is 0 Å². The molecular weight excluding hydrogens is 265 g/mol. The second-order valence-corrected chi connectivity index (χ2v) is 7.11. The number of hydrogen-bond donors (Lipinski definition) is 0. The molecule has 0 aliphatic carbocycles. The molecular formula is C11H13Cl2NOS. The lowest BCUT2D eigenvalue weighted by molar-refractivity contribution is 0.651. The van der Waals surface area contributed by atoms with Crippen LogP contribution in [0.4, 0.5) is 0 Å². The van der Waals surface area contributed by atoms with Crippen LogP contribution in [-0.4, -0.2) is 15.2 Å². The van der Waals surface area contributed by atoms with Gasteiger partial charge in [0.15, 0.2) is 0 Å². The Morgan fingerprint density at radius 3 is 2.12 bits per heavy atom. The van der Waals surface area contributed by atoms with Gasteiger partial charge in [-0.25, -0.2) is 4.21 Å². The van der Waals surface area contributed by atoms with Crippen LogP contribution in [0.5, 0.6) is 0 Å². The molecule has 0 N–H and O–H groups in total. The second-order valence-electron chi connectivity index (χ2n) is 4.30. The van der Waals surface area contributed by atoms with Crippen molar-refractivity contribution in [2.75, 3.05) is 0 Å². The molecule has 1 aromatic carbocycles. The predicted octanol–water partition coefficient (Wildman–Crippen LogP) is 3.87.